The van der Waals surface area contributed by atoms with Crippen LogP contribution < -0.4 is 10.6 Å². The summed E-state index contributed by atoms with van der Waals surface area (Å²) in [5.74, 6) is 0. The summed E-state index contributed by atoms with van der Waals surface area (Å²) >= 11 is 6.29. The molecule has 2 aromatic rings. The van der Waals surface area contributed by atoms with Gasteiger partial charge in [-0.05, 0) is 0 Å². The van der Waals surface area contributed by atoms with Gasteiger partial charge < -0.3 is 0 Å². The van der Waals surface area contributed by atoms with Crippen molar-refractivity contribution in [2.75, 3.05) is 0 Å². The molecule has 2 nitrogen and oxygen atoms in total. The van der Waals surface area contributed by atoms with Gasteiger partial charge in [-0.25, -0.2) is 0 Å². The van der Waals surface area contributed by atoms with Crippen LogP contribution in [-0.4, -0.2) is 9.79 Å². The minimum absolute atomic E-state index is 0.402. The van der Waals surface area contributed by atoms with Crippen molar-refractivity contribution in [1.82, 2.24) is 0 Å². The Kier molecular flexibility index (Phi) is 3.25. The van der Waals surface area contributed by atoms with Crippen LogP contribution in [0.3, 0.4) is 0 Å². The van der Waals surface area contributed by atoms with Crippen molar-refractivity contribution in [2.24, 2.45) is 0 Å². The van der Waals surface area contributed by atoms with Gasteiger partial charge in [-0.3, -0.25) is 0 Å². The first-order chi connectivity index (χ1) is 8.31. The van der Waals surface area contributed by atoms with Crippen LogP contribution in [0.25, 0.3) is 0 Å². The van der Waals surface area contributed by atoms with E-state index in [-0.39, 0.29) is 0 Å². The van der Waals surface area contributed by atoms with Crippen LogP contribution >= 0.6 is 17.7 Å². The molecular weight excluding hydrogens is 267 g/mol. The second-order valence-electron chi connectivity index (χ2n) is 4.49. The van der Waals surface area contributed by atoms with Crippen LogP contribution in [0.1, 0.15) is 11.1 Å². The van der Waals surface area contributed by atoms with Crippen LogP contribution in [-0.2, 0) is 0 Å². The summed E-state index contributed by atoms with van der Waals surface area (Å²) < 4.78 is 0. The zero-order chi connectivity index (χ0) is 13.4. The average Bonchev–Trinajstić information content (AvgIpc) is 2.29. The van der Waals surface area contributed by atoms with Crippen molar-refractivity contribution in [3.05, 3.63) is 59.7 Å². The normalized spacial score (nSPS) is 13.9. The maximum atomic E-state index is 10.7. The molecule has 0 radical (unpaired) electrons. The fourth-order valence-corrected chi connectivity index (χ4v) is 5.64. The van der Waals surface area contributed by atoms with Crippen molar-refractivity contribution in [3.8, 4) is 0 Å². The topological polar surface area (TPSA) is 40.5 Å². The van der Waals surface area contributed by atoms with Crippen LogP contribution in [0.4, 0.5) is 0 Å². The molecule has 4 heteroatoms. The van der Waals surface area contributed by atoms with Gasteiger partial charge in [-0.2, -0.15) is 0 Å². The van der Waals surface area contributed by atoms with Crippen molar-refractivity contribution >= 4 is 28.3 Å². The summed E-state index contributed by atoms with van der Waals surface area (Å²) in [4.78, 5) is 21.5. The van der Waals surface area contributed by atoms with Crippen LogP contribution in [0.5, 0.6) is 0 Å². The molecule has 0 heterocycles. The quantitative estimate of drug-likeness (QED) is 0.832. The van der Waals surface area contributed by atoms with Crippen molar-refractivity contribution in [3.63, 3.8) is 0 Å². The third-order valence-corrected chi connectivity index (χ3v) is 6.89. The van der Waals surface area contributed by atoms with Crippen LogP contribution in [0.2, 0.25) is 0 Å². The second-order valence-corrected chi connectivity index (χ2v) is 9.22. The molecule has 0 aliphatic rings. The molecule has 0 atom stereocenters. The maximum absolute atomic E-state index is 10.7. The molecule has 0 saturated heterocycles. The Balaban J connectivity index is 2.73. The van der Waals surface area contributed by atoms with Crippen molar-refractivity contribution < 1.29 is 9.79 Å². The van der Waals surface area contributed by atoms with Gasteiger partial charge in [0.1, 0.15) is 0 Å². The van der Waals surface area contributed by atoms with Crippen LogP contribution in [0, 0.1) is 13.8 Å². The van der Waals surface area contributed by atoms with E-state index in [4.69, 9.17) is 11.2 Å². The third-order valence-electron chi connectivity index (χ3n) is 3.08. The Morgan fingerprint density at radius 3 is 1.44 bits per heavy atom. The minimum atomic E-state index is -4.56. The molecule has 2 aromatic carbocycles. The van der Waals surface area contributed by atoms with E-state index in [1.54, 1.807) is 24.3 Å². The molecule has 2 rings (SSSR count). The molecule has 0 aliphatic heterocycles. The molecule has 0 bridgehead atoms. The molecule has 18 heavy (non-hydrogen) atoms. The molecule has 0 aromatic heterocycles. The Bertz CT molecular complexity index is 538. The zero-order valence-corrected chi connectivity index (χ0v) is 12.0. The van der Waals surface area contributed by atoms with Gasteiger partial charge in [0.15, 0.2) is 0 Å². The van der Waals surface area contributed by atoms with Crippen molar-refractivity contribution in [1.29, 1.82) is 0 Å². The monoisotopic (exact) mass is 282 g/mol. The molecule has 96 valence electrons. The zero-order valence-electron chi connectivity index (χ0n) is 10.3. The first-order valence-corrected chi connectivity index (χ1v) is 8.72. The van der Waals surface area contributed by atoms with Crippen molar-refractivity contribution in [2.45, 2.75) is 13.8 Å². The second kappa shape index (κ2) is 4.32. The van der Waals surface area contributed by atoms with Crippen LogP contribution in [0.15, 0.2) is 48.5 Å². The molecule has 2 N–H and O–H groups in total. The van der Waals surface area contributed by atoms with Gasteiger partial charge in [0.05, 0.1) is 0 Å². The number of rotatable bonds is 2. The molecule has 0 amide bonds. The average molecular weight is 283 g/mol. The molecule has 0 aliphatic carbocycles. The predicted octanol–water partition coefficient (Wildman–Crippen LogP) is 2.78. The van der Waals surface area contributed by atoms with Gasteiger partial charge in [0.25, 0.3) is 0 Å². The molecular formula is C14H16ClO2P. The molecule has 0 saturated carbocycles. The summed E-state index contributed by atoms with van der Waals surface area (Å²) in [7, 11) is 0. The Morgan fingerprint density at radius 1 is 0.778 bits per heavy atom. The number of hydrogen-bond acceptors (Lipinski definition) is 2. The summed E-state index contributed by atoms with van der Waals surface area (Å²) in [6.07, 6.45) is -4.56. The number of halogens is 1. The third kappa shape index (κ3) is 2.17. The fraction of sp³-hybridized carbons (Fsp3) is 0.143. The summed E-state index contributed by atoms with van der Waals surface area (Å²) in [5.41, 5.74) is 1.55. The van der Waals surface area contributed by atoms with Gasteiger partial charge >= 0.3 is 112 Å². The van der Waals surface area contributed by atoms with E-state index in [0.29, 0.717) is 10.6 Å². The number of hydrogen-bond donors (Lipinski definition) is 2. The summed E-state index contributed by atoms with van der Waals surface area (Å²) in [5, 5.41) is 0.805. The predicted molar refractivity (Wildman–Crippen MR) is 78.8 cm³/mol. The molecule has 0 unspecified atom stereocenters. The Hall–Kier alpha value is -0.920. The van der Waals surface area contributed by atoms with Gasteiger partial charge in [0.2, 0.25) is 0 Å². The van der Waals surface area contributed by atoms with Gasteiger partial charge in [-0.15, -0.1) is 0 Å². The van der Waals surface area contributed by atoms with E-state index in [1.165, 1.54) is 0 Å². The Morgan fingerprint density at radius 2 is 1.11 bits per heavy atom. The molecule has 0 spiro atoms. The van der Waals surface area contributed by atoms with E-state index in [9.17, 15) is 9.79 Å². The number of aryl methyl sites for hydroxylation is 2. The Labute approximate surface area is 112 Å². The fourth-order valence-electron chi connectivity index (χ4n) is 2.15. The summed E-state index contributed by atoms with van der Waals surface area (Å²) in [6, 6.07) is 14.2. The van der Waals surface area contributed by atoms with E-state index in [1.807, 2.05) is 38.1 Å². The van der Waals surface area contributed by atoms with E-state index in [0.717, 1.165) is 11.1 Å². The first-order valence-electron chi connectivity index (χ1n) is 5.67. The van der Waals surface area contributed by atoms with E-state index in [2.05, 4.69) is 0 Å². The van der Waals surface area contributed by atoms with E-state index < -0.39 is 6.41 Å². The van der Waals surface area contributed by atoms with E-state index >= 15 is 0 Å². The first kappa shape index (κ1) is 13.5. The number of benzene rings is 2. The van der Waals surface area contributed by atoms with Gasteiger partial charge in [-0.1, -0.05) is 0 Å². The standard InChI is InChI=1S/C14H16ClO2P/c1-11-7-3-5-9-13(11)18(15,16,17)14-10-6-4-8-12(14)2/h3-10,16-17H,1-2H3. The molecule has 0 fully saturated rings. The SMILES string of the molecule is Cc1ccccc1P(O)(O)(Cl)c1ccccc1C. The van der Waals surface area contributed by atoms with Gasteiger partial charge in [0, 0.05) is 0 Å². The summed E-state index contributed by atoms with van der Waals surface area (Å²) in [6.45, 7) is 3.65.